The van der Waals surface area contributed by atoms with Gasteiger partial charge >= 0.3 is 0 Å². The molecular formula is C15H15FN2OS. The number of benzene rings is 1. The molecule has 0 aliphatic heterocycles. The minimum Gasteiger partial charge on any atom is -0.347 e. The molecule has 1 heterocycles. The molecule has 0 unspecified atom stereocenters. The standard InChI is InChI=1S/C15H15FN2OS/c1-11(14-4-2-3-9-17-14)18-15(19)10-20-13-7-5-12(16)6-8-13/h2-9,11H,10H2,1H3,(H,18,19)/t11-/m1/s1. The maximum absolute atomic E-state index is 12.7. The summed E-state index contributed by atoms with van der Waals surface area (Å²) in [5.74, 6) is -0.0527. The van der Waals surface area contributed by atoms with Crippen molar-refractivity contribution >= 4 is 17.7 Å². The smallest absolute Gasteiger partial charge is 0.230 e. The number of pyridine rings is 1. The highest BCUT2D eigenvalue weighted by atomic mass is 32.2. The number of nitrogens with one attached hydrogen (secondary N) is 1. The van der Waals surface area contributed by atoms with Crippen molar-refractivity contribution in [3.05, 3.63) is 60.2 Å². The average Bonchev–Trinajstić information content (AvgIpc) is 2.47. The Morgan fingerprint density at radius 3 is 2.70 bits per heavy atom. The van der Waals surface area contributed by atoms with Crippen LogP contribution in [0.5, 0.6) is 0 Å². The molecule has 1 aromatic heterocycles. The van der Waals surface area contributed by atoms with Crippen molar-refractivity contribution in [3.63, 3.8) is 0 Å². The van der Waals surface area contributed by atoms with Crippen molar-refractivity contribution in [1.82, 2.24) is 10.3 Å². The molecule has 104 valence electrons. The van der Waals surface area contributed by atoms with Gasteiger partial charge in [0, 0.05) is 11.1 Å². The summed E-state index contributed by atoms with van der Waals surface area (Å²) in [5.41, 5.74) is 0.827. The monoisotopic (exact) mass is 290 g/mol. The molecule has 0 aliphatic rings. The molecule has 3 nitrogen and oxygen atoms in total. The van der Waals surface area contributed by atoms with E-state index in [0.717, 1.165) is 10.6 Å². The second kappa shape index (κ2) is 7.05. The Morgan fingerprint density at radius 2 is 2.05 bits per heavy atom. The molecule has 0 aliphatic carbocycles. The molecule has 0 saturated carbocycles. The topological polar surface area (TPSA) is 42.0 Å². The third-order valence-corrected chi connectivity index (χ3v) is 3.70. The van der Waals surface area contributed by atoms with Crippen LogP contribution < -0.4 is 5.32 Å². The van der Waals surface area contributed by atoms with Crippen LogP contribution in [0.2, 0.25) is 0 Å². The Morgan fingerprint density at radius 1 is 1.30 bits per heavy atom. The molecule has 0 saturated heterocycles. The van der Waals surface area contributed by atoms with E-state index in [9.17, 15) is 9.18 Å². The molecule has 20 heavy (non-hydrogen) atoms. The number of aromatic nitrogens is 1. The number of thioether (sulfide) groups is 1. The van der Waals surface area contributed by atoms with Gasteiger partial charge < -0.3 is 5.32 Å². The lowest BCUT2D eigenvalue weighted by atomic mass is 10.2. The van der Waals surface area contributed by atoms with Crippen LogP contribution in [0.4, 0.5) is 4.39 Å². The average molecular weight is 290 g/mol. The van der Waals surface area contributed by atoms with Gasteiger partial charge in [-0.05, 0) is 43.3 Å². The van der Waals surface area contributed by atoms with E-state index in [1.54, 1.807) is 18.3 Å². The zero-order valence-electron chi connectivity index (χ0n) is 11.0. The summed E-state index contributed by atoms with van der Waals surface area (Å²) in [6.45, 7) is 1.89. The van der Waals surface area contributed by atoms with Gasteiger partial charge in [0.2, 0.25) is 5.91 Å². The first-order chi connectivity index (χ1) is 9.65. The van der Waals surface area contributed by atoms with E-state index in [-0.39, 0.29) is 17.8 Å². The first kappa shape index (κ1) is 14.5. The number of halogens is 1. The first-order valence-electron chi connectivity index (χ1n) is 6.24. The van der Waals surface area contributed by atoms with E-state index < -0.39 is 0 Å². The van der Waals surface area contributed by atoms with Crippen molar-refractivity contribution < 1.29 is 9.18 Å². The van der Waals surface area contributed by atoms with Crippen molar-refractivity contribution in [2.75, 3.05) is 5.75 Å². The number of nitrogens with zero attached hydrogens (tertiary/aromatic N) is 1. The van der Waals surface area contributed by atoms with E-state index in [1.165, 1.54) is 23.9 Å². The van der Waals surface area contributed by atoms with Crippen LogP contribution in [0.15, 0.2) is 53.6 Å². The predicted octanol–water partition coefficient (Wildman–Crippen LogP) is 3.19. The highest BCUT2D eigenvalue weighted by molar-refractivity contribution is 8.00. The van der Waals surface area contributed by atoms with E-state index in [2.05, 4.69) is 10.3 Å². The molecule has 2 aromatic rings. The third kappa shape index (κ3) is 4.35. The Hall–Kier alpha value is -1.88. The summed E-state index contributed by atoms with van der Waals surface area (Å²) >= 11 is 1.38. The Labute approximate surface area is 121 Å². The normalized spacial score (nSPS) is 11.9. The zero-order valence-corrected chi connectivity index (χ0v) is 11.9. The fraction of sp³-hybridized carbons (Fsp3) is 0.200. The largest absolute Gasteiger partial charge is 0.347 e. The Bertz CT molecular complexity index is 560. The number of hydrogen-bond donors (Lipinski definition) is 1. The van der Waals surface area contributed by atoms with Crippen LogP contribution in [0, 0.1) is 5.82 Å². The summed E-state index contributed by atoms with van der Waals surface area (Å²) < 4.78 is 12.7. The quantitative estimate of drug-likeness (QED) is 0.860. The Balaban J connectivity index is 1.82. The van der Waals surface area contributed by atoms with Gasteiger partial charge in [-0.2, -0.15) is 0 Å². The summed E-state index contributed by atoms with van der Waals surface area (Å²) in [6, 6.07) is 11.6. The van der Waals surface area contributed by atoms with E-state index in [4.69, 9.17) is 0 Å². The number of carbonyl (C=O) groups is 1. The van der Waals surface area contributed by atoms with Crippen LogP contribution in [0.3, 0.4) is 0 Å². The molecule has 1 atom stereocenters. The SMILES string of the molecule is C[C@@H](NC(=O)CSc1ccc(F)cc1)c1ccccn1. The molecule has 1 aromatic carbocycles. The van der Waals surface area contributed by atoms with E-state index in [0.29, 0.717) is 5.75 Å². The number of carbonyl (C=O) groups excluding carboxylic acids is 1. The summed E-state index contributed by atoms with van der Waals surface area (Å²) in [4.78, 5) is 16.9. The van der Waals surface area contributed by atoms with Gasteiger partial charge in [0.25, 0.3) is 0 Å². The van der Waals surface area contributed by atoms with Crippen LogP contribution in [-0.4, -0.2) is 16.6 Å². The van der Waals surface area contributed by atoms with Gasteiger partial charge in [0.15, 0.2) is 0 Å². The number of rotatable bonds is 5. The van der Waals surface area contributed by atoms with Crippen LogP contribution in [0.25, 0.3) is 0 Å². The maximum Gasteiger partial charge on any atom is 0.230 e. The lowest BCUT2D eigenvalue weighted by Gasteiger charge is -2.13. The molecule has 0 fully saturated rings. The minimum absolute atomic E-state index is 0.0718. The van der Waals surface area contributed by atoms with Crippen molar-refractivity contribution in [1.29, 1.82) is 0 Å². The van der Waals surface area contributed by atoms with Crippen molar-refractivity contribution in [3.8, 4) is 0 Å². The van der Waals surface area contributed by atoms with Crippen LogP contribution in [-0.2, 0) is 4.79 Å². The highest BCUT2D eigenvalue weighted by Crippen LogP contribution is 2.18. The molecule has 5 heteroatoms. The van der Waals surface area contributed by atoms with Gasteiger partial charge in [-0.1, -0.05) is 6.07 Å². The number of hydrogen-bond acceptors (Lipinski definition) is 3. The maximum atomic E-state index is 12.7. The van der Waals surface area contributed by atoms with Gasteiger partial charge in [0.05, 0.1) is 17.5 Å². The minimum atomic E-state index is -0.275. The zero-order chi connectivity index (χ0) is 14.4. The van der Waals surface area contributed by atoms with Gasteiger partial charge in [-0.25, -0.2) is 4.39 Å². The van der Waals surface area contributed by atoms with Gasteiger partial charge in [-0.3, -0.25) is 9.78 Å². The molecule has 2 rings (SSSR count). The first-order valence-corrected chi connectivity index (χ1v) is 7.22. The second-order valence-corrected chi connectivity index (χ2v) is 5.34. The third-order valence-electron chi connectivity index (χ3n) is 2.69. The lowest BCUT2D eigenvalue weighted by Crippen LogP contribution is -2.28. The second-order valence-electron chi connectivity index (χ2n) is 4.29. The Kier molecular flexibility index (Phi) is 5.12. The molecule has 0 radical (unpaired) electrons. The van der Waals surface area contributed by atoms with Crippen LogP contribution in [0.1, 0.15) is 18.7 Å². The fourth-order valence-electron chi connectivity index (χ4n) is 1.67. The van der Waals surface area contributed by atoms with Crippen molar-refractivity contribution in [2.45, 2.75) is 17.9 Å². The van der Waals surface area contributed by atoms with Gasteiger partial charge in [-0.15, -0.1) is 11.8 Å². The number of amides is 1. The van der Waals surface area contributed by atoms with Gasteiger partial charge in [0.1, 0.15) is 5.82 Å². The van der Waals surface area contributed by atoms with Crippen molar-refractivity contribution in [2.24, 2.45) is 0 Å². The molecule has 1 N–H and O–H groups in total. The summed E-state index contributed by atoms with van der Waals surface area (Å²) in [5, 5.41) is 2.88. The summed E-state index contributed by atoms with van der Waals surface area (Å²) in [7, 11) is 0. The summed E-state index contributed by atoms with van der Waals surface area (Å²) in [6.07, 6.45) is 1.70. The van der Waals surface area contributed by atoms with E-state index in [1.807, 2.05) is 25.1 Å². The fourth-order valence-corrected chi connectivity index (χ4v) is 2.38. The molecule has 0 bridgehead atoms. The predicted molar refractivity (Wildman–Crippen MR) is 77.9 cm³/mol. The van der Waals surface area contributed by atoms with E-state index >= 15 is 0 Å². The lowest BCUT2D eigenvalue weighted by molar-refractivity contribution is -0.119. The molecule has 1 amide bonds. The highest BCUT2D eigenvalue weighted by Gasteiger charge is 2.10. The van der Waals surface area contributed by atoms with Crippen LogP contribution >= 0.6 is 11.8 Å². The molecular weight excluding hydrogens is 275 g/mol. The molecule has 0 spiro atoms.